The Bertz CT molecular complexity index is 101. The van der Waals surface area contributed by atoms with E-state index in [1.54, 1.807) is 0 Å². The Balaban J connectivity index is 3.98. The Hall–Kier alpha value is -0.110. The van der Waals surface area contributed by atoms with Crippen LogP contribution in [0.1, 0.15) is 13.8 Å². The van der Waals surface area contributed by atoms with Crippen molar-refractivity contribution in [1.82, 2.24) is 0 Å². The third-order valence-electron chi connectivity index (χ3n) is 0.604. The van der Waals surface area contributed by atoms with Gasteiger partial charge in [0.05, 0.1) is 0 Å². The molecule has 0 spiro atoms. The van der Waals surface area contributed by atoms with Crippen molar-refractivity contribution in [3.63, 3.8) is 0 Å². The second-order valence-corrected chi connectivity index (χ2v) is 2.35. The molecule has 0 bridgehead atoms. The lowest BCUT2D eigenvalue weighted by atomic mass is 10.3. The topological polar surface area (TPSA) is 23.9 Å². The first-order valence-corrected chi connectivity index (χ1v) is 2.81. The maximum Gasteiger partial charge on any atom is 0.0337 e. The molecular weight excluding hydrogens is 154 g/mol. The van der Waals surface area contributed by atoms with Gasteiger partial charge in [0.15, 0.2) is 0 Å². The molecule has 0 unspecified atom stereocenters. The van der Waals surface area contributed by atoms with Gasteiger partial charge in [-0.1, -0.05) is 5.57 Å². The molecular formula is C5H8BrN. The first kappa shape index (κ1) is 6.89. The number of allylic oxidation sites excluding steroid dienone is 2. The smallest absolute Gasteiger partial charge is 0.0337 e. The van der Waals surface area contributed by atoms with Crippen molar-refractivity contribution in [2.75, 3.05) is 0 Å². The zero-order chi connectivity index (χ0) is 5.86. The summed E-state index contributed by atoms with van der Waals surface area (Å²) in [5.74, 6) is 0. The number of hydrogen-bond acceptors (Lipinski definition) is 1. The largest absolute Gasteiger partial charge is 0.308 e. The molecule has 0 heterocycles. The molecule has 0 fully saturated rings. The second kappa shape index (κ2) is 2.97. The summed E-state index contributed by atoms with van der Waals surface area (Å²) in [4.78, 5) is 0. The number of halogens is 1. The third kappa shape index (κ3) is 2.57. The van der Waals surface area contributed by atoms with Crippen LogP contribution >= 0.6 is 15.9 Å². The van der Waals surface area contributed by atoms with Gasteiger partial charge in [-0.15, -0.1) is 0 Å². The molecule has 40 valence electrons. The Morgan fingerprint density at radius 3 is 2.00 bits per heavy atom. The van der Waals surface area contributed by atoms with Gasteiger partial charge in [0.25, 0.3) is 0 Å². The van der Waals surface area contributed by atoms with E-state index < -0.39 is 0 Å². The summed E-state index contributed by atoms with van der Waals surface area (Å²) in [7, 11) is 0. The molecule has 0 saturated carbocycles. The number of hydrogen-bond donors (Lipinski definition) is 1. The molecule has 0 aromatic heterocycles. The summed E-state index contributed by atoms with van der Waals surface area (Å²) < 4.78 is 0.868. The van der Waals surface area contributed by atoms with Crippen LogP contribution in [0.15, 0.2) is 10.1 Å². The maximum atomic E-state index is 6.71. The van der Waals surface area contributed by atoms with Crippen LogP contribution in [0.5, 0.6) is 0 Å². The molecule has 2 heteroatoms. The third-order valence-corrected chi connectivity index (χ3v) is 1.63. The lowest BCUT2D eigenvalue weighted by Gasteiger charge is -1.86. The molecule has 0 amide bonds. The second-order valence-electron chi connectivity index (χ2n) is 1.49. The number of rotatable bonds is 1. The normalized spacial score (nSPS) is 7.86. The molecule has 1 N–H and O–H groups in total. The van der Waals surface area contributed by atoms with Gasteiger partial charge in [0, 0.05) is 10.7 Å². The van der Waals surface area contributed by atoms with E-state index in [4.69, 9.17) is 5.41 Å². The standard InChI is InChI=1S/C5H8BrN/c1-4(2)5(6)3-7/h3,7H,1-2H3. The van der Waals surface area contributed by atoms with E-state index in [1.807, 2.05) is 13.8 Å². The van der Waals surface area contributed by atoms with Crippen molar-refractivity contribution >= 4 is 22.1 Å². The highest BCUT2D eigenvalue weighted by Gasteiger charge is 1.83. The minimum absolute atomic E-state index is 0.868. The monoisotopic (exact) mass is 161 g/mol. The molecule has 0 aliphatic carbocycles. The summed E-state index contributed by atoms with van der Waals surface area (Å²) in [6, 6.07) is 0. The molecule has 1 nitrogen and oxygen atoms in total. The van der Waals surface area contributed by atoms with Crippen LogP contribution in [0.3, 0.4) is 0 Å². The first-order chi connectivity index (χ1) is 3.18. The lowest BCUT2D eigenvalue weighted by molar-refractivity contribution is 1.39. The average molecular weight is 162 g/mol. The number of nitrogens with one attached hydrogen (secondary N) is 1. The van der Waals surface area contributed by atoms with Gasteiger partial charge in [-0.25, -0.2) is 0 Å². The molecule has 7 heavy (non-hydrogen) atoms. The van der Waals surface area contributed by atoms with E-state index in [2.05, 4.69) is 15.9 Å². The molecule has 0 aliphatic heterocycles. The van der Waals surface area contributed by atoms with E-state index in [0.717, 1.165) is 10.1 Å². The van der Waals surface area contributed by atoms with Crippen molar-refractivity contribution in [2.24, 2.45) is 0 Å². The SMILES string of the molecule is CC(C)=C(Br)C=N. The highest BCUT2D eigenvalue weighted by Crippen LogP contribution is 2.06. The van der Waals surface area contributed by atoms with Crippen molar-refractivity contribution in [3.05, 3.63) is 10.1 Å². The van der Waals surface area contributed by atoms with Gasteiger partial charge in [0.1, 0.15) is 0 Å². The van der Waals surface area contributed by atoms with Crippen LogP contribution in [0.2, 0.25) is 0 Å². The Kier molecular flexibility index (Phi) is 2.92. The molecule has 0 saturated heterocycles. The minimum Gasteiger partial charge on any atom is -0.308 e. The van der Waals surface area contributed by atoms with Gasteiger partial charge in [-0.3, -0.25) is 0 Å². The highest BCUT2D eigenvalue weighted by atomic mass is 79.9. The van der Waals surface area contributed by atoms with Crippen molar-refractivity contribution in [2.45, 2.75) is 13.8 Å². The zero-order valence-electron chi connectivity index (χ0n) is 4.46. The van der Waals surface area contributed by atoms with Crippen molar-refractivity contribution in [1.29, 1.82) is 5.41 Å². The van der Waals surface area contributed by atoms with Gasteiger partial charge in [-0.05, 0) is 29.8 Å². The van der Waals surface area contributed by atoms with Crippen LogP contribution in [-0.4, -0.2) is 6.21 Å². The van der Waals surface area contributed by atoms with Crippen LogP contribution in [0.25, 0.3) is 0 Å². The van der Waals surface area contributed by atoms with Crippen molar-refractivity contribution in [3.8, 4) is 0 Å². The van der Waals surface area contributed by atoms with E-state index in [-0.39, 0.29) is 0 Å². The van der Waals surface area contributed by atoms with Crippen molar-refractivity contribution < 1.29 is 0 Å². The Morgan fingerprint density at radius 1 is 1.57 bits per heavy atom. The van der Waals surface area contributed by atoms with Gasteiger partial charge < -0.3 is 5.41 Å². The Labute approximate surface area is 52.1 Å². The molecule has 0 rings (SSSR count). The van der Waals surface area contributed by atoms with E-state index in [1.165, 1.54) is 6.21 Å². The van der Waals surface area contributed by atoms with Crippen LogP contribution in [-0.2, 0) is 0 Å². The average Bonchev–Trinajstić information content (AvgIpc) is 1.65. The minimum atomic E-state index is 0.868. The zero-order valence-corrected chi connectivity index (χ0v) is 6.04. The maximum absolute atomic E-state index is 6.71. The van der Waals surface area contributed by atoms with Crippen LogP contribution < -0.4 is 0 Å². The van der Waals surface area contributed by atoms with Gasteiger partial charge >= 0.3 is 0 Å². The summed E-state index contributed by atoms with van der Waals surface area (Å²) in [5.41, 5.74) is 1.13. The van der Waals surface area contributed by atoms with Gasteiger partial charge in [0.2, 0.25) is 0 Å². The fraction of sp³-hybridized carbons (Fsp3) is 0.400. The van der Waals surface area contributed by atoms with Crippen LogP contribution in [0, 0.1) is 5.41 Å². The summed E-state index contributed by atoms with van der Waals surface area (Å²) in [6.07, 6.45) is 1.29. The highest BCUT2D eigenvalue weighted by molar-refractivity contribution is 9.12. The van der Waals surface area contributed by atoms with E-state index >= 15 is 0 Å². The first-order valence-electron chi connectivity index (χ1n) is 2.02. The molecule has 0 aromatic rings. The molecule has 0 atom stereocenters. The fourth-order valence-electron chi connectivity index (χ4n) is 0.144. The van der Waals surface area contributed by atoms with Crippen LogP contribution in [0.4, 0.5) is 0 Å². The predicted octanol–water partition coefficient (Wildman–Crippen LogP) is 2.32. The summed E-state index contributed by atoms with van der Waals surface area (Å²) in [5, 5.41) is 6.71. The predicted molar refractivity (Wildman–Crippen MR) is 36.1 cm³/mol. The molecule has 0 aromatic carbocycles. The fourth-order valence-corrected chi connectivity index (χ4v) is 0.144. The summed E-state index contributed by atoms with van der Waals surface area (Å²) >= 11 is 3.18. The van der Waals surface area contributed by atoms with E-state index in [9.17, 15) is 0 Å². The van der Waals surface area contributed by atoms with E-state index in [0.29, 0.717) is 0 Å². The quantitative estimate of drug-likeness (QED) is 0.572. The lowest BCUT2D eigenvalue weighted by Crippen LogP contribution is -1.72. The Morgan fingerprint density at radius 2 is 2.00 bits per heavy atom. The summed E-state index contributed by atoms with van der Waals surface area (Å²) in [6.45, 7) is 3.91. The van der Waals surface area contributed by atoms with Gasteiger partial charge in [-0.2, -0.15) is 0 Å². The molecule has 0 aliphatic rings. The molecule has 0 radical (unpaired) electrons.